The monoisotopic (exact) mass is 265 g/mol. The van der Waals surface area contributed by atoms with Crippen molar-refractivity contribution in [1.29, 1.82) is 5.26 Å². The number of thioether (sulfide) groups is 1. The van der Waals surface area contributed by atoms with Crippen molar-refractivity contribution in [1.82, 2.24) is 20.1 Å². The van der Waals surface area contributed by atoms with Gasteiger partial charge in [0.15, 0.2) is 5.16 Å². The quantitative estimate of drug-likeness (QED) is 0.600. The molecule has 1 heterocycles. The van der Waals surface area contributed by atoms with Crippen LogP contribution in [0, 0.1) is 11.3 Å². The van der Waals surface area contributed by atoms with Gasteiger partial charge in [-0.1, -0.05) is 11.8 Å². The van der Waals surface area contributed by atoms with Crippen LogP contribution in [0.25, 0.3) is 0 Å². The summed E-state index contributed by atoms with van der Waals surface area (Å²) in [6, 6.07) is 2.97. The maximum absolute atomic E-state index is 9.24. The molecular weight excluding hydrogens is 246 g/mol. The van der Waals surface area contributed by atoms with Crippen molar-refractivity contribution in [2.75, 3.05) is 5.75 Å². The number of hydrogen-bond acceptors (Lipinski definition) is 5. The molecule has 1 atom stereocenters. The summed E-state index contributed by atoms with van der Waals surface area (Å²) in [5, 5.41) is 21.5. The standard InChI is InChI=1S/C12H19N5S/c1-12(8-13,15-10-4-5-10)6-3-7-18-11-16-14-9-17(11)2/h9-10,15H,3-7H2,1-2H3. The molecule has 0 spiro atoms. The van der Waals surface area contributed by atoms with E-state index in [0.29, 0.717) is 6.04 Å². The van der Waals surface area contributed by atoms with Crippen molar-refractivity contribution in [3.8, 4) is 6.07 Å². The Morgan fingerprint density at radius 2 is 2.44 bits per heavy atom. The fourth-order valence-corrected chi connectivity index (χ4v) is 2.66. The molecule has 1 aliphatic rings. The van der Waals surface area contributed by atoms with E-state index in [0.717, 1.165) is 23.8 Å². The maximum Gasteiger partial charge on any atom is 0.190 e. The average Bonchev–Trinajstić information content (AvgIpc) is 3.07. The molecule has 1 aromatic heterocycles. The van der Waals surface area contributed by atoms with Crippen LogP contribution >= 0.6 is 11.8 Å². The molecule has 0 aromatic carbocycles. The fourth-order valence-electron chi connectivity index (χ4n) is 1.83. The van der Waals surface area contributed by atoms with E-state index in [1.54, 1.807) is 18.1 Å². The van der Waals surface area contributed by atoms with Gasteiger partial charge in [0, 0.05) is 18.8 Å². The van der Waals surface area contributed by atoms with Gasteiger partial charge < -0.3 is 4.57 Å². The molecule has 1 saturated carbocycles. The SMILES string of the molecule is Cn1cnnc1SCCCC(C)(C#N)NC1CC1. The van der Waals surface area contributed by atoms with E-state index in [-0.39, 0.29) is 5.54 Å². The van der Waals surface area contributed by atoms with E-state index < -0.39 is 0 Å². The molecule has 5 nitrogen and oxygen atoms in total. The zero-order valence-corrected chi connectivity index (χ0v) is 11.7. The van der Waals surface area contributed by atoms with Crippen molar-refractivity contribution < 1.29 is 0 Å². The van der Waals surface area contributed by atoms with Gasteiger partial charge in [-0.3, -0.25) is 5.32 Å². The van der Waals surface area contributed by atoms with Crippen LogP contribution < -0.4 is 5.32 Å². The smallest absolute Gasteiger partial charge is 0.190 e. The highest BCUT2D eigenvalue weighted by atomic mass is 32.2. The van der Waals surface area contributed by atoms with E-state index in [1.165, 1.54) is 12.8 Å². The lowest BCUT2D eigenvalue weighted by molar-refractivity contribution is 0.411. The molecular formula is C12H19N5S. The normalized spacial score (nSPS) is 18.3. The summed E-state index contributed by atoms with van der Waals surface area (Å²) in [6.45, 7) is 2.00. The summed E-state index contributed by atoms with van der Waals surface area (Å²) < 4.78 is 1.91. The lowest BCUT2D eigenvalue weighted by atomic mass is 9.98. The topological polar surface area (TPSA) is 66.5 Å². The van der Waals surface area contributed by atoms with Crippen LogP contribution in [0.5, 0.6) is 0 Å². The average molecular weight is 265 g/mol. The Morgan fingerprint density at radius 3 is 3.00 bits per heavy atom. The van der Waals surface area contributed by atoms with Crippen molar-refractivity contribution in [2.45, 2.75) is 49.3 Å². The molecule has 0 amide bonds. The van der Waals surface area contributed by atoms with Crippen LogP contribution in [0.1, 0.15) is 32.6 Å². The van der Waals surface area contributed by atoms with Gasteiger partial charge in [-0.05, 0) is 32.6 Å². The summed E-state index contributed by atoms with van der Waals surface area (Å²) in [4.78, 5) is 0. The lowest BCUT2D eigenvalue weighted by Gasteiger charge is -2.22. The molecule has 18 heavy (non-hydrogen) atoms. The fraction of sp³-hybridized carbons (Fsp3) is 0.750. The second-order valence-electron chi connectivity index (χ2n) is 5.04. The van der Waals surface area contributed by atoms with Gasteiger partial charge in [-0.25, -0.2) is 0 Å². The number of hydrogen-bond donors (Lipinski definition) is 1. The van der Waals surface area contributed by atoms with Crippen LogP contribution in [0.2, 0.25) is 0 Å². The van der Waals surface area contributed by atoms with E-state index in [4.69, 9.17) is 0 Å². The number of aromatic nitrogens is 3. The first-order chi connectivity index (χ1) is 8.63. The molecule has 6 heteroatoms. The molecule has 98 valence electrons. The maximum atomic E-state index is 9.24. The summed E-state index contributed by atoms with van der Waals surface area (Å²) >= 11 is 1.69. The van der Waals surface area contributed by atoms with Gasteiger partial charge in [0.2, 0.25) is 0 Å². The van der Waals surface area contributed by atoms with Crippen LogP contribution in [-0.4, -0.2) is 32.1 Å². The molecule has 2 rings (SSSR count). The third-order valence-corrected chi connectivity index (χ3v) is 4.19. The number of rotatable bonds is 7. The van der Waals surface area contributed by atoms with Crippen molar-refractivity contribution in [3.63, 3.8) is 0 Å². The van der Waals surface area contributed by atoms with Gasteiger partial charge in [0.05, 0.1) is 6.07 Å². The minimum absolute atomic E-state index is 0.373. The molecule has 1 aliphatic carbocycles. The zero-order chi connectivity index (χ0) is 13.0. The van der Waals surface area contributed by atoms with Crippen LogP contribution in [-0.2, 0) is 7.05 Å². The van der Waals surface area contributed by atoms with Gasteiger partial charge in [0.1, 0.15) is 11.9 Å². The Kier molecular flexibility index (Phi) is 4.25. The molecule has 1 unspecified atom stereocenters. The Balaban J connectivity index is 1.70. The van der Waals surface area contributed by atoms with E-state index in [9.17, 15) is 5.26 Å². The summed E-state index contributed by atoms with van der Waals surface area (Å²) in [5.41, 5.74) is -0.373. The van der Waals surface area contributed by atoms with E-state index in [2.05, 4.69) is 21.6 Å². The first-order valence-electron chi connectivity index (χ1n) is 6.29. The summed E-state index contributed by atoms with van der Waals surface area (Å²) in [5.74, 6) is 0.968. The van der Waals surface area contributed by atoms with Gasteiger partial charge in [-0.15, -0.1) is 10.2 Å². The van der Waals surface area contributed by atoms with Crippen LogP contribution in [0.4, 0.5) is 0 Å². The number of aryl methyl sites for hydroxylation is 1. The lowest BCUT2D eigenvalue weighted by Crippen LogP contribution is -2.42. The second-order valence-corrected chi connectivity index (χ2v) is 6.10. The molecule has 1 N–H and O–H groups in total. The predicted molar refractivity (Wildman–Crippen MR) is 71.1 cm³/mol. The molecule has 0 aliphatic heterocycles. The molecule has 1 fully saturated rings. The highest BCUT2D eigenvalue weighted by Gasteiger charge is 2.31. The second kappa shape index (κ2) is 5.72. The molecule has 0 bridgehead atoms. The first-order valence-corrected chi connectivity index (χ1v) is 7.27. The minimum Gasteiger partial charge on any atom is -0.312 e. The predicted octanol–water partition coefficient (Wildman–Crippen LogP) is 1.72. The first kappa shape index (κ1) is 13.4. The molecule has 1 aromatic rings. The highest BCUT2D eigenvalue weighted by Crippen LogP contribution is 2.25. The minimum atomic E-state index is -0.373. The Labute approximate surface area is 112 Å². The van der Waals surface area contributed by atoms with Crippen molar-refractivity contribution in [2.24, 2.45) is 7.05 Å². The van der Waals surface area contributed by atoms with Gasteiger partial charge in [0.25, 0.3) is 0 Å². The van der Waals surface area contributed by atoms with Crippen molar-refractivity contribution in [3.05, 3.63) is 6.33 Å². The van der Waals surface area contributed by atoms with Crippen LogP contribution in [0.15, 0.2) is 11.5 Å². The number of nitriles is 1. The number of nitrogens with one attached hydrogen (secondary N) is 1. The largest absolute Gasteiger partial charge is 0.312 e. The Bertz CT molecular complexity index is 434. The van der Waals surface area contributed by atoms with E-state index >= 15 is 0 Å². The third-order valence-electron chi connectivity index (χ3n) is 3.07. The van der Waals surface area contributed by atoms with Gasteiger partial charge >= 0.3 is 0 Å². The third kappa shape index (κ3) is 3.72. The van der Waals surface area contributed by atoms with E-state index in [1.807, 2.05) is 18.5 Å². The van der Waals surface area contributed by atoms with Gasteiger partial charge in [-0.2, -0.15) is 5.26 Å². The number of nitrogens with zero attached hydrogens (tertiary/aromatic N) is 4. The zero-order valence-electron chi connectivity index (χ0n) is 10.9. The Morgan fingerprint density at radius 1 is 1.67 bits per heavy atom. The summed E-state index contributed by atoms with van der Waals surface area (Å²) in [7, 11) is 1.94. The van der Waals surface area contributed by atoms with Crippen LogP contribution in [0.3, 0.4) is 0 Å². The molecule has 0 saturated heterocycles. The van der Waals surface area contributed by atoms with Crippen molar-refractivity contribution >= 4 is 11.8 Å². The molecule has 0 radical (unpaired) electrons. The highest BCUT2D eigenvalue weighted by molar-refractivity contribution is 7.99. The Hall–Kier alpha value is -1.06. The summed E-state index contributed by atoms with van der Waals surface area (Å²) in [6.07, 6.45) is 6.01.